The molecular weight excluding hydrogens is 154 g/mol. The molecule has 3 nitrogen and oxygen atoms in total. The minimum absolute atomic E-state index is 0.00347. The summed E-state index contributed by atoms with van der Waals surface area (Å²) < 4.78 is 5.48. The summed E-state index contributed by atoms with van der Waals surface area (Å²) in [5.74, 6) is 0.279. The molecule has 0 aromatic rings. The van der Waals surface area contributed by atoms with E-state index >= 15 is 0 Å². The maximum Gasteiger partial charge on any atom is 0.0963 e. The van der Waals surface area contributed by atoms with Crippen LogP contribution < -0.4 is 0 Å². The quantitative estimate of drug-likeness (QED) is 0.653. The normalized spacial score (nSPS) is 29.2. The van der Waals surface area contributed by atoms with Crippen molar-refractivity contribution in [2.75, 3.05) is 26.7 Å². The predicted octanol–water partition coefficient (Wildman–Crippen LogP) is 0.334. The number of ether oxygens (including phenoxy) is 1. The van der Waals surface area contributed by atoms with Gasteiger partial charge in [0.15, 0.2) is 0 Å². The lowest BCUT2D eigenvalue weighted by atomic mass is 10.0. The third-order valence-corrected chi connectivity index (χ3v) is 2.36. The fraction of sp³-hybridized carbons (Fsp3) is 1.00. The van der Waals surface area contributed by atoms with E-state index < -0.39 is 0 Å². The van der Waals surface area contributed by atoms with Crippen LogP contribution >= 0.6 is 0 Å². The van der Waals surface area contributed by atoms with Gasteiger partial charge in [-0.15, -0.1) is 0 Å². The van der Waals surface area contributed by atoms with E-state index in [2.05, 4.69) is 11.9 Å². The highest BCUT2D eigenvalue weighted by atomic mass is 16.5. The average Bonchev–Trinajstić information content (AvgIpc) is 2.03. The summed E-state index contributed by atoms with van der Waals surface area (Å²) in [5.41, 5.74) is 0. The molecule has 1 heterocycles. The molecule has 0 bridgehead atoms. The van der Waals surface area contributed by atoms with Gasteiger partial charge in [0.05, 0.1) is 18.8 Å². The van der Waals surface area contributed by atoms with Crippen molar-refractivity contribution in [1.82, 2.24) is 4.90 Å². The Morgan fingerprint density at radius 3 is 2.67 bits per heavy atom. The van der Waals surface area contributed by atoms with Crippen molar-refractivity contribution in [3.05, 3.63) is 0 Å². The van der Waals surface area contributed by atoms with Crippen LogP contribution in [0.1, 0.15) is 13.8 Å². The van der Waals surface area contributed by atoms with E-state index in [0.29, 0.717) is 0 Å². The molecule has 0 aromatic heterocycles. The van der Waals surface area contributed by atoms with Gasteiger partial charge in [-0.2, -0.15) is 0 Å². The second-order valence-electron chi connectivity index (χ2n) is 3.91. The molecule has 1 N–H and O–H groups in total. The topological polar surface area (TPSA) is 32.7 Å². The lowest BCUT2D eigenvalue weighted by molar-refractivity contribution is -0.0962. The zero-order valence-electron chi connectivity index (χ0n) is 8.16. The lowest BCUT2D eigenvalue weighted by Crippen LogP contribution is -2.47. The molecule has 0 amide bonds. The van der Waals surface area contributed by atoms with E-state index in [9.17, 15) is 5.11 Å². The number of morpholine rings is 1. The molecular formula is C9H19NO2. The van der Waals surface area contributed by atoms with Gasteiger partial charge in [-0.25, -0.2) is 0 Å². The Morgan fingerprint density at radius 1 is 1.50 bits per heavy atom. The summed E-state index contributed by atoms with van der Waals surface area (Å²) in [7, 11) is 2.06. The first-order valence-corrected chi connectivity index (χ1v) is 4.59. The van der Waals surface area contributed by atoms with Crippen LogP contribution in [0, 0.1) is 5.92 Å². The number of nitrogens with zero attached hydrogens (tertiary/aromatic N) is 1. The van der Waals surface area contributed by atoms with Gasteiger partial charge in [0.2, 0.25) is 0 Å². The highest BCUT2D eigenvalue weighted by Crippen LogP contribution is 2.13. The standard InChI is InChI=1S/C9H19NO2/c1-7(2)9(11)8-6-10(3)4-5-12-8/h7-9,11H,4-6H2,1-3H3. The van der Waals surface area contributed by atoms with Gasteiger partial charge < -0.3 is 14.7 Å². The maximum atomic E-state index is 9.72. The zero-order valence-corrected chi connectivity index (χ0v) is 8.16. The number of likely N-dealkylation sites (N-methyl/N-ethyl adjacent to an activating group) is 1. The summed E-state index contributed by atoms with van der Waals surface area (Å²) in [4.78, 5) is 2.19. The molecule has 1 saturated heterocycles. The van der Waals surface area contributed by atoms with Gasteiger partial charge in [0.1, 0.15) is 0 Å². The fourth-order valence-electron chi connectivity index (χ4n) is 1.45. The van der Waals surface area contributed by atoms with Gasteiger partial charge in [0.25, 0.3) is 0 Å². The molecule has 0 aromatic carbocycles. The van der Waals surface area contributed by atoms with Crippen LogP contribution in [0.3, 0.4) is 0 Å². The summed E-state index contributed by atoms with van der Waals surface area (Å²) >= 11 is 0. The van der Waals surface area contributed by atoms with Gasteiger partial charge in [-0.3, -0.25) is 0 Å². The second-order valence-corrected chi connectivity index (χ2v) is 3.91. The number of rotatable bonds is 2. The fourth-order valence-corrected chi connectivity index (χ4v) is 1.45. The Bertz CT molecular complexity index is 138. The molecule has 3 heteroatoms. The third-order valence-electron chi connectivity index (χ3n) is 2.36. The van der Waals surface area contributed by atoms with Crippen molar-refractivity contribution in [2.24, 2.45) is 5.92 Å². The van der Waals surface area contributed by atoms with Crippen molar-refractivity contribution < 1.29 is 9.84 Å². The van der Waals surface area contributed by atoms with Crippen LogP contribution in [-0.4, -0.2) is 49.0 Å². The van der Waals surface area contributed by atoms with Crippen molar-refractivity contribution in [3.63, 3.8) is 0 Å². The van der Waals surface area contributed by atoms with E-state index in [-0.39, 0.29) is 18.1 Å². The van der Waals surface area contributed by atoms with E-state index in [1.165, 1.54) is 0 Å². The Kier molecular flexibility index (Phi) is 3.50. The molecule has 0 spiro atoms. The zero-order chi connectivity index (χ0) is 9.14. The summed E-state index contributed by atoms with van der Waals surface area (Å²) in [6.45, 7) is 6.59. The molecule has 1 rings (SSSR count). The molecule has 0 aliphatic carbocycles. The van der Waals surface area contributed by atoms with Crippen LogP contribution in [0.15, 0.2) is 0 Å². The minimum atomic E-state index is -0.326. The van der Waals surface area contributed by atoms with Crippen molar-refractivity contribution >= 4 is 0 Å². The number of hydrogen-bond acceptors (Lipinski definition) is 3. The number of aliphatic hydroxyl groups excluding tert-OH is 1. The SMILES string of the molecule is CC(C)C(O)C1CN(C)CCO1. The smallest absolute Gasteiger partial charge is 0.0963 e. The number of hydrogen-bond donors (Lipinski definition) is 1. The van der Waals surface area contributed by atoms with Crippen LogP contribution in [0.4, 0.5) is 0 Å². The Labute approximate surface area is 74.3 Å². The largest absolute Gasteiger partial charge is 0.390 e. The first-order valence-electron chi connectivity index (χ1n) is 4.59. The number of aliphatic hydroxyl groups is 1. The first kappa shape index (κ1) is 9.96. The molecule has 0 saturated carbocycles. The summed E-state index contributed by atoms with van der Waals surface area (Å²) in [6, 6.07) is 0. The average molecular weight is 173 g/mol. The summed E-state index contributed by atoms with van der Waals surface area (Å²) in [5, 5.41) is 9.72. The van der Waals surface area contributed by atoms with E-state index in [4.69, 9.17) is 4.74 Å². The van der Waals surface area contributed by atoms with Crippen molar-refractivity contribution in [1.29, 1.82) is 0 Å². The Hall–Kier alpha value is -0.120. The summed E-state index contributed by atoms with van der Waals surface area (Å²) in [6.07, 6.45) is -0.323. The predicted molar refractivity (Wildman–Crippen MR) is 48.1 cm³/mol. The highest BCUT2D eigenvalue weighted by Gasteiger charge is 2.26. The maximum absolute atomic E-state index is 9.72. The van der Waals surface area contributed by atoms with Gasteiger partial charge in [0, 0.05) is 13.1 Å². The third kappa shape index (κ3) is 2.44. The monoisotopic (exact) mass is 173 g/mol. The van der Waals surface area contributed by atoms with Gasteiger partial charge in [-0.05, 0) is 13.0 Å². The molecule has 2 unspecified atom stereocenters. The van der Waals surface area contributed by atoms with Crippen LogP contribution in [0.2, 0.25) is 0 Å². The van der Waals surface area contributed by atoms with E-state index in [1.807, 2.05) is 13.8 Å². The van der Waals surface area contributed by atoms with E-state index in [1.54, 1.807) is 0 Å². The van der Waals surface area contributed by atoms with Crippen LogP contribution in [0.5, 0.6) is 0 Å². The molecule has 1 aliphatic rings. The molecule has 0 radical (unpaired) electrons. The Morgan fingerprint density at radius 2 is 2.17 bits per heavy atom. The van der Waals surface area contributed by atoms with Crippen molar-refractivity contribution in [3.8, 4) is 0 Å². The highest BCUT2D eigenvalue weighted by molar-refractivity contribution is 4.77. The lowest BCUT2D eigenvalue weighted by Gasteiger charge is -2.34. The Balaban J connectivity index is 2.40. The van der Waals surface area contributed by atoms with E-state index in [0.717, 1.165) is 19.7 Å². The van der Waals surface area contributed by atoms with Gasteiger partial charge in [-0.1, -0.05) is 13.8 Å². The molecule has 72 valence electrons. The molecule has 12 heavy (non-hydrogen) atoms. The van der Waals surface area contributed by atoms with Crippen LogP contribution in [-0.2, 0) is 4.74 Å². The second kappa shape index (κ2) is 4.21. The van der Waals surface area contributed by atoms with Gasteiger partial charge >= 0.3 is 0 Å². The molecule has 1 aliphatic heterocycles. The first-order chi connectivity index (χ1) is 5.61. The van der Waals surface area contributed by atoms with Crippen LogP contribution in [0.25, 0.3) is 0 Å². The molecule has 1 fully saturated rings. The minimum Gasteiger partial charge on any atom is -0.390 e. The van der Waals surface area contributed by atoms with Crippen molar-refractivity contribution in [2.45, 2.75) is 26.1 Å². The molecule has 2 atom stereocenters.